The molecular weight excluding hydrogens is 673 g/mol. The van der Waals surface area contributed by atoms with Gasteiger partial charge in [-0.25, -0.2) is 0 Å². The molecule has 0 heteroatoms. The highest BCUT2D eigenvalue weighted by atomic mass is 14.1. The Morgan fingerprint density at radius 3 is 1.25 bits per heavy atom. The largest absolute Gasteiger partial charge is 0.0625 e. The summed E-state index contributed by atoms with van der Waals surface area (Å²) in [5.74, 6) is 2.95. The van der Waals surface area contributed by atoms with Crippen molar-refractivity contribution >= 4 is 0 Å². The maximum atomic E-state index is 2.30. The Morgan fingerprint density at radius 2 is 0.732 bits per heavy atom. The van der Waals surface area contributed by atoms with Crippen molar-refractivity contribution < 1.29 is 0 Å². The lowest BCUT2D eigenvalue weighted by atomic mass is 9.97. The maximum absolute atomic E-state index is 2.30. The van der Waals surface area contributed by atoms with Gasteiger partial charge in [0.25, 0.3) is 0 Å². The molecule has 56 heavy (non-hydrogen) atoms. The van der Waals surface area contributed by atoms with Gasteiger partial charge >= 0.3 is 0 Å². The number of aryl methyl sites for hydroxylation is 4. The fraction of sp³-hybridized carbons (Fsp3) is 0.357. The molecule has 0 atom stereocenters. The molecule has 0 nitrogen and oxygen atoms in total. The van der Waals surface area contributed by atoms with Gasteiger partial charge in [0.05, 0.1) is 0 Å². The highest BCUT2D eigenvalue weighted by molar-refractivity contribution is 5.64. The number of rotatable bonds is 10. The van der Waals surface area contributed by atoms with Crippen molar-refractivity contribution in [1.29, 1.82) is 0 Å². The second-order valence-corrected chi connectivity index (χ2v) is 17.4. The van der Waals surface area contributed by atoms with E-state index in [2.05, 4.69) is 229 Å². The molecule has 0 radical (unpaired) electrons. The second kappa shape index (κ2) is 24.1. The Labute approximate surface area is 343 Å². The van der Waals surface area contributed by atoms with Gasteiger partial charge < -0.3 is 0 Å². The summed E-state index contributed by atoms with van der Waals surface area (Å²) >= 11 is 0. The van der Waals surface area contributed by atoms with Gasteiger partial charge in [0.15, 0.2) is 0 Å². The molecule has 6 rings (SSSR count). The van der Waals surface area contributed by atoms with Crippen molar-refractivity contribution in [2.24, 2.45) is 23.7 Å². The van der Waals surface area contributed by atoms with E-state index in [4.69, 9.17) is 0 Å². The zero-order chi connectivity index (χ0) is 41.0. The van der Waals surface area contributed by atoms with E-state index >= 15 is 0 Å². The first kappa shape index (κ1) is 45.7. The van der Waals surface area contributed by atoms with Gasteiger partial charge in [-0.05, 0) is 138 Å². The number of benzene rings is 6. The van der Waals surface area contributed by atoms with Crippen LogP contribution in [-0.4, -0.2) is 0 Å². The van der Waals surface area contributed by atoms with Crippen LogP contribution in [0.4, 0.5) is 0 Å². The molecule has 0 aliphatic carbocycles. The Kier molecular flexibility index (Phi) is 19.6. The second-order valence-electron chi connectivity index (χ2n) is 17.4. The molecule has 0 aliphatic heterocycles. The lowest BCUT2D eigenvalue weighted by Crippen LogP contribution is -1.96. The van der Waals surface area contributed by atoms with E-state index in [1.54, 1.807) is 0 Å². The first-order chi connectivity index (χ1) is 26.7. The highest BCUT2D eigenvalue weighted by Gasteiger charge is 2.03. The minimum absolute atomic E-state index is 0.714. The first-order valence-corrected chi connectivity index (χ1v) is 21.1. The van der Waals surface area contributed by atoms with Gasteiger partial charge in [-0.15, -0.1) is 0 Å². The van der Waals surface area contributed by atoms with Crippen molar-refractivity contribution in [2.45, 2.75) is 109 Å². The van der Waals surface area contributed by atoms with E-state index < -0.39 is 0 Å². The van der Waals surface area contributed by atoms with E-state index in [0.717, 1.165) is 30.6 Å². The summed E-state index contributed by atoms with van der Waals surface area (Å²) in [5, 5.41) is 0. The summed E-state index contributed by atoms with van der Waals surface area (Å²) in [5.41, 5.74) is 16.6. The molecule has 0 bridgehead atoms. The molecular formula is C56H72. The van der Waals surface area contributed by atoms with E-state index in [9.17, 15) is 0 Å². The van der Waals surface area contributed by atoms with Crippen molar-refractivity contribution in [2.75, 3.05) is 0 Å². The van der Waals surface area contributed by atoms with Gasteiger partial charge in [0.1, 0.15) is 0 Å². The smallest absolute Gasteiger partial charge is 0.0181 e. The van der Waals surface area contributed by atoms with Crippen LogP contribution in [0.1, 0.15) is 99.9 Å². The van der Waals surface area contributed by atoms with Crippen molar-refractivity contribution in [1.82, 2.24) is 0 Å². The lowest BCUT2D eigenvalue weighted by molar-refractivity contribution is 0.644. The predicted octanol–water partition coefficient (Wildman–Crippen LogP) is 16.1. The average molecular weight is 745 g/mol. The summed E-state index contributed by atoms with van der Waals surface area (Å²) in [6.07, 6.45) is 4.71. The van der Waals surface area contributed by atoms with Crippen molar-refractivity contribution in [3.8, 4) is 22.3 Å². The van der Waals surface area contributed by atoms with Gasteiger partial charge in [-0.1, -0.05) is 207 Å². The molecule has 0 aliphatic rings. The summed E-state index contributed by atoms with van der Waals surface area (Å²) in [7, 11) is 0. The fourth-order valence-electron chi connectivity index (χ4n) is 6.78. The predicted molar refractivity (Wildman–Crippen MR) is 250 cm³/mol. The standard InChI is InChI=1S/2C16H18.2C12H18/c1-13(2)11-14-7-6-10-16(12-14)15-8-4-3-5-9-15;1-13(2)12-14-8-10-16(11-9-14)15-6-4-3-5-7-15;1-9(2)7-12-6-5-10(3)11(4)8-12;1-9(2)7-12-8-10(3)5-6-11(12)4/h3-10,12-13H,11H2,1-2H3;3-11,13H,12H2,1-2H3;2*5-6,8-9H,7H2,1-4H3. The van der Waals surface area contributed by atoms with Crippen LogP contribution in [0.3, 0.4) is 0 Å². The van der Waals surface area contributed by atoms with Crippen LogP contribution < -0.4 is 0 Å². The Bertz CT molecular complexity index is 1960. The lowest BCUT2D eigenvalue weighted by Gasteiger charge is -2.09. The third-order valence-electron chi connectivity index (χ3n) is 9.73. The molecule has 0 heterocycles. The van der Waals surface area contributed by atoms with Crippen molar-refractivity contribution in [3.05, 3.63) is 190 Å². The molecule has 0 saturated heterocycles. The molecule has 296 valence electrons. The topological polar surface area (TPSA) is 0 Å². The third-order valence-corrected chi connectivity index (χ3v) is 9.73. The summed E-state index contributed by atoms with van der Waals surface area (Å²) in [4.78, 5) is 0. The molecule has 0 amide bonds. The molecule has 0 N–H and O–H groups in total. The summed E-state index contributed by atoms with van der Waals surface area (Å²) < 4.78 is 0. The molecule has 6 aromatic rings. The Hall–Kier alpha value is -4.68. The molecule has 0 aromatic heterocycles. The fourth-order valence-corrected chi connectivity index (χ4v) is 6.78. The van der Waals surface area contributed by atoms with Gasteiger partial charge in [0.2, 0.25) is 0 Å². The van der Waals surface area contributed by atoms with Crippen LogP contribution in [0.25, 0.3) is 22.3 Å². The van der Waals surface area contributed by atoms with E-state index in [-0.39, 0.29) is 0 Å². The minimum Gasteiger partial charge on any atom is -0.0625 e. The number of hydrogen-bond acceptors (Lipinski definition) is 0. The monoisotopic (exact) mass is 745 g/mol. The van der Waals surface area contributed by atoms with Crippen molar-refractivity contribution in [3.63, 3.8) is 0 Å². The average Bonchev–Trinajstić information content (AvgIpc) is 3.16. The minimum atomic E-state index is 0.714. The zero-order valence-corrected chi connectivity index (χ0v) is 37.0. The van der Waals surface area contributed by atoms with Crippen LogP contribution in [0.15, 0.2) is 146 Å². The molecule has 0 unspecified atom stereocenters. The van der Waals surface area contributed by atoms with E-state index in [0.29, 0.717) is 5.92 Å². The van der Waals surface area contributed by atoms with E-state index in [1.807, 2.05) is 0 Å². The zero-order valence-electron chi connectivity index (χ0n) is 37.0. The van der Waals surface area contributed by atoms with Crippen LogP contribution in [0, 0.1) is 51.4 Å². The Balaban J connectivity index is 0.000000202. The summed E-state index contributed by atoms with van der Waals surface area (Å²) in [6, 6.07) is 52.3. The maximum Gasteiger partial charge on any atom is -0.0181 e. The van der Waals surface area contributed by atoms with Gasteiger partial charge in [-0.3, -0.25) is 0 Å². The number of hydrogen-bond donors (Lipinski definition) is 0. The van der Waals surface area contributed by atoms with Crippen LogP contribution in [0.5, 0.6) is 0 Å². The molecule has 6 aromatic carbocycles. The Morgan fingerprint density at radius 1 is 0.304 bits per heavy atom. The normalized spacial score (nSPS) is 10.7. The van der Waals surface area contributed by atoms with Crippen LogP contribution in [-0.2, 0) is 25.7 Å². The highest BCUT2D eigenvalue weighted by Crippen LogP contribution is 2.22. The third kappa shape index (κ3) is 17.4. The molecule has 0 spiro atoms. The van der Waals surface area contributed by atoms with Gasteiger partial charge in [0, 0.05) is 0 Å². The SMILES string of the molecule is CC(C)Cc1ccc(-c2ccccc2)cc1.CC(C)Cc1cccc(-c2ccccc2)c1.Cc1ccc(C)c(CC(C)C)c1.Cc1ccc(CC(C)C)cc1C. The molecule has 0 saturated carbocycles. The van der Waals surface area contributed by atoms with Crippen LogP contribution in [0.2, 0.25) is 0 Å². The van der Waals surface area contributed by atoms with Gasteiger partial charge in [-0.2, -0.15) is 0 Å². The first-order valence-electron chi connectivity index (χ1n) is 21.1. The summed E-state index contributed by atoms with van der Waals surface area (Å²) in [6.45, 7) is 26.8. The van der Waals surface area contributed by atoms with E-state index in [1.165, 1.54) is 79.6 Å². The molecule has 0 fully saturated rings. The van der Waals surface area contributed by atoms with Crippen LogP contribution >= 0.6 is 0 Å². The quantitative estimate of drug-likeness (QED) is 0.131.